The molecule has 2 aromatic rings. The molecule has 0 unspecified atom stereocenters. The van der Waals surface area contributed by atoms with Gasteiger partial charge in [0.25, 0.3) is 5.91 Å². The molecule has 0 aliphatic carbocycles. The minimum atomic E-state index is 0.100. The van der Waals surface area contributed by atoms with Crippen molar-refractivity contribution in [3.63, 3.8) is 0 Å². The SMILES string of the molecule is COc1ccc2cc(C(=O)N3CCOCC3)sc2c1. The second-order valence-corrected chi connectivity index (χ2v) is 5.50. The molecule has 3 rings (SSSR count). The number of hydrogen-bond donors (Lipinski definition) is 0. The first kappa shape index (κ1) is 12.4. The number of ether oxygens (including phenoxy) is 2. The Hall–Kier alpha value is -1.59. The van der Waals surface area contributed by atoms with Crippen LogP contribution in [0.2, 0.25) is 0 Å². The molecule has 1 aliphatic heterocycles. The monoisotopic (exact) mass is 277 g/mol. The predicted octanol–water partition coefficient (Wildman–Crippen LogP) is 2.38. The molecule has 1 aromatic carbocycles. The highest BCUT2D eigenvalue weighted by atomic mass is 32.1. The number of benzene rings is 1. The number of amides is 1. The molecule has 1 saturated heterocycles. The molecule has 1 aliphatic rings. The van der Waals surface area contributed by atoms with E-state index < -0.39 is 0 Å². The minimum Gasteiger partial charge on any atom is -0.497 e. The summed E-state index contributed by atoms with van der Waals surface area (Å²) < 4.78 is 11.6. The van der Waals surface area contributed by atoms with E-state index in [0.717, 1.165) is 20.7 Å². The molecule has 4 nitrogen and oxygen atoms in total. The van der Waals surface area contributed by atoms with E-state index >= 15 is 0 Å². The van der Waals surface area contributed by atoms with Crippen molar-refractivity contribution in [2.24, 2.45) is 0 Å². The first-order chi connectivity index (χ1) is 9.28. The van der Waals surface area contributed by atoms with Crippen molar-refractivity contribution in [1.82, 2.24) is 4.90 Å². The highest BCUT2D eigenvalue weighted by molar-refractivity contribution is 7.20. The fourth-order valence-electron chi connectivity index (χ4n) is 2.17. The van der Waals surface area contributed by atoms with Crippen LogP contribution >= 0.6 is 11.3 Å². The van der Waals surface area contributed by atoms with Crippen molar-refractivity contribution in [2.45, 2.75) is 0 Å². The van der Waals surface area contributed by atoms with Gasteiger partial charge in [0, 0.05) is 17.8 Å². The van der Waals surface area contributed by atoms with E-state index in [2.05, 4.69) is 0 Å². The zero-order valence-corrected chi connectivity index (χ0v) is 11.5. The summed E-state index contributed by atoms with van der Waals surface area (Å²) in [4.78, 5) is 15.0. The van der Waals surface area contributed by atoms with Crippen LogP contribution < -0.4 is 4.74 Å². The Bertz CT molecular complexity index is 602. The number of nitrogens with zero attached hydrogens (tertiary/aromatic N) is 1. The number of thiophene rings is 1. The van der Waals surface area contributed by atoms with Crippen LogP contribution in [0.15, 0.2) is 24.3 Å². The third-order valence-corrected chi connectivity index (χ3v) is 4.32. The molecule has 1 fully saturated rings. The number of carbonyl (C=O) groups is 1. The zero-order valence-electron chi connectivity index (χ0n) is 10.7. The molecule has 19 heavy (non-hydrogen) atoms. The second-order valence-electron chi connectivity index (χ2n) is 4.42. The highest BCUT2D eigenvalue weighted by Gasteiger charge is 2.20. The van der Waals surface area contributed by atoms with Crippen molar-refractivity contribution < 1.29 is 14.3 Å². The minimum absolute atomic E-state index is 0.100. The van der Waals surface area contributed by atoms with Gasteiger partial charge in [-0.15, -0.1) is 11.3 Å². The van der Waals surface area contributed by atoms with E-state index in [-0.39, 0.29) is 5.91 Å². The Morgan fingerprint density at radius 2 is 2.11 bits per heavy atom. The Labute approximate surface area is 115 Å². The lowest BCUT2D eigenvalue weighted by Crippen LogP contribution is -2.40. The van der Waals surface area contributed by atoms with Gasteiger partial charge in [-0.2, -0.15) is 0 Å². The topological polar surface area (TPSA) is 38.8 Å². The van der Waals surface area contributed by atoms with Crippen LogP contribution in [-0.4, -0.2) is 44.2 Å². The summed E-state index contributed by atoms with van der Waals surface area (Å²) in [5.74, 6) is 0.920. The maximum Gasteiger partial charge on any atom is 0.264 e. The van der Waals surface area contributed by atoms with Crippen molar-refractivity contribution in [2.75, 3.05) is 33.4 Å². The van der Waals surface area contributed by atoms with Gasteiger partial charge < -0.3 is 14.4 Å². The summed E-state index contributed by atoms with van der Waals surface area (Å²) in [5.41, 5.74) is 0. The van der Waals surface area contributed by atoms with Crippen LogP contribution in [0.5, 0.6) is 5.75 Å². The van der Waals surface area contributed by atoms with Crippen LogP contribution in [0.1, 0.15) is 9.67 Å². The summed E-state index contributed by atoms with van der Waals surface area (Å²) >= 11 is 1.52. The number of rotatable bonds is 2. The van der Waals surface area contributed by atoms with Crippen LogP contribution in [-0.2, 0) is 4.74 Å². The Morgan fingerprint density at radius 1 is 1.32 bits per heavy atom. The largest absolute Gasteiger partial charge is 0.497 e. The van der Waals surface area contributed by atoms with Crippen molar-refractivity contribution >= 4 is 27.3 Å². The van der Waals surface area contributed by atoms with Crippen LogP contribution in [0.4, 0.5) is 0 Å². The molecule has 0 bridgehead atoms. The third kappa shape index (κ3) is 2.43. The van der Waals surface area contributed by atoms with E-state index in [1.807, 2.05) is 29.2 Å². The van der Waals surface area contributed by atoms with Gasteiger partial charge in [0.1, 0.15) is 5.75 Å². The van der Waals surface area contributed by atoms with Gasteiger partial charge in [0.2, 0.25) is 0 Å². The molecule has 1 aromatic heterocycles. The Kier molecular flexibility index (Phi) is 3.40. The van der Waals surface area contributed by atoms with Gasteiger partial charge >= 0.3 is 0 Å². The summed E-state index contributed by atoms with van der Waals surface area (Å²) in [7, 11) is 1.65. The number of carbonyl (C=O) groups excluding carboxylic acids is 1. The molecule has 5 heteroatoms. The van der Waals surface area contributed by atoms with E-state index in [9.17, 15) is 4.79 Å². The summed E-state index contributed by atoms with van der Waals surface area (Å²) in [5, 5.41) is 1.09. The van der Waals surface area contributed by atoms with Gasteiger partial charge in [-0.1, -0.05) is 0 Å². The molecule has 0 radical (unpaired) electrons. The Morgan fingerprint density at radius 3 is 2.84 bits per heavy atom. The maximum atomic E-state index is 12.4. The van der Waals surface area contributed by atoms with E-state index in [0.29, 0.717) is 26.3 Å². The normalized spacial score (nSPS) is 15.7. The molecule has 0 spiro atoms. The highest BCUT2D eigenvalue weighted by Crippen LogP contribution is 2.30. The molecule has 0 saturated carbocycles. The molecule has 100 valence electrons. The van der Waals surface area contributed by atoms with Crippen molar-refractivity contribution in [3.8, 4) is 5.75 Å². The predicted molar refractivity (Wildman–Crippen MR) is 75.1 cm³/mol. The maximum absolute atomic E-state index is 12.4. The second kappa shape index (κ2) is 5.19. The van der Waals surface area contributed by atoms with Gasteiger partial charge in [-0.05, 0) is 29.7 Å². The molecule has 0 N–H and O–H groups in total. The summed E-state index contributed by atoms with van der Waals surface area (Å²) in [6.45, 7) is 2.61. The number of fused-ring (bicyclic) bond motifs is 1. The molecule has 0 atom stereocenters. The van der Waals surface area contributed by atoms with Crippen LogP contribution in [0.25, 0.3) is 10.1 Å². The fourth-order valence-corrected chi connectivity index (χ4v) is 3.23. The lowest BCUT2D eigenvalue weighted by Gasteiger charge is -2.26. The molecular formula is C14H15NO3S. The van der Waals surface area contributed by atoms with E-state index in [1.54, 1.807) is 7.11 Å². The average Bonchev–Trinajstić information content (AvgIpc) is 2.90. The first-order valence-corrected chi connectivity index (χ1v) is 7.04. The molecular weight excluding hydrogens is 262 g/mol. The van der Waals surface area contributed by atoms with Gasteiger partial charge in [-0.25, -0.2) is 0 Å². The van der Waals surface area contributed by atoms with Crippen molar-refractivity contribution in [3.05, 3.63) is 29.1 Å². The van der Waals surface area contributed by atoms with E-state index in [4.69, 9.17) is 9.47 Å². The smallest absolute Gasteiger partial charge is 0.264 e. The van der Waals surface area contributed by atoms with E-state index in [1.165, 1.54) is 11.3 Å². The lowest BCUT2D eigenvalue weighted by molar-refractivity contribution is 0.0306. The standard InChI is InChI=1S/C14H15NO3S/c1-17-11-3-2-10-8-13(19-12(10)9-11)14(16)15-4-6-18-7-5-15/h2-3,8-9H,4-7H2,1H3. The number of morpholine rings is 1. The quantitative estimate of drug-likeness (QED) is 0.846. The third-order valence-electron chi connectivity index (χ3n) is 3.24. The molecule has 1 amide bonds. The van der Waals surface area contributed by atoms with Gasteiger partial charge in [0.15, 0.2) is 0 Å². The number of methoxy groups -OCH3 is 1. The summed E-state index contributed by atoms with van der Waals surface area (Å²) in [6, 6.07) is 7.83. The van der Waals surface area contributed by atoms with Gasteiger partial charge in [0.05, 0.1) is 25.2 Å². The fraction of sp³-hybridized carbons (Fsp3) is 0.357. The van der Waals surface area contributed by atoms with Crippen molar-refractivity contribution in [1.29, 1.82) is 0 Å². The van der Waals surface area contributed by atoms with Gasteiger partial charge in [-0.3, -0.25) is 4.79 Å². The average molecular weight is 277 g/mol. The summed E-state index contributed by atoms with van der Waals surface area (Å²) in [6.07, 6.45) is 0. The van der Waals surface area contributed by atoms with Crippen LogP contribution in [0.3, 0.4) is 0 Å². The number of hydrogen-bond acceptors (Lipinski definition) is 4. The Balaban J connectivity index is 1.89. The van der Waals surface area contributed by atoms with Crippen LogP contribution in [0, 0.1) is 0 Å². The molecule has 2 heterocycles. The first-order valence-electron chi connectivity index (χ1n) is 6.22. The lowest BCUT2D eigenvalue weighted by atomic mass is 10.2. The zero-order chi connectivity index (χ0) is 13.2.